The zero-order valence-corrected chi connectivity index (χ0v) is 12.6. The molecule has 1 saturated heterocycles. The zero-order chi connectivity index (χ0) is 14.9. The van der Waals surface area contributed by atoms with E-state index in [9.17, 15) is 9.59 Å². The maximum atomic E-state index is 12.6. The smallest absolute Gasteiger partial charge is 0.308 e. The van der Waals surface area contributed by atoms with Gasteiger partial charge in [0.2, 0.25) is 0 Å². The van der Waals surface area contributed by atoms with Gasteiger partial charge in [0.25, 0.3) is 5.91 Å². The standard InChI is InChI=1S/C16H22N2O2/c1-5-13-14(19)18(16(2,3)4)15(20)17(13)11-12-9-7-6-8-10-12/h6-10,13H,5,11H2,1-4H3. The number of rotatable bonds is 3. The molecule has 0 N–H and O–H groups in total. The summed E-state index contributed by atoms with van der Waals surface area (Å²) in [7, 11) is 0. The molecule has 0 aliphatic carbocycles. The van der Waals surface area contributed by atoms with Crippen molar-refractivity contribution in [3.8, 4) is 0 Å². The normalized spacial score (nSPS) is 19.9. The number of hydrogen-bond donors (Lipinski definition) is 0. The highest BCUT2D eigenvalue weighted by Crippen LogP contribution is 2.28. The summed E-state index contributed by atoms with van der Waals surface area (Å²) in [6.45, 7) is 8.10. The largest absolute Gasteiger partial charge is 0.328 e. The molecule has 1 unspecified atom stereocenters. The lowest BCUT2D eigenvalue weighted by Crippen LogP contribution is -2.46. The van der Waals surface area contributed by atoms with E-state index in [1.807, 2.05) is 58.0 Å². The molecule has 0 radical (unpaired) electrons. The summed E-state index contributed by atoms with van der Waals surface area (Å²) in [4.78, 5) is 28.1. The van der Waals surface area contributed by atoms with Gasteiger partial charge < -0.3 is 4.90 Å². The Morgan fingerprint density at radius 2 is 1.70 bits per heavy atom. The lowest BCUT2D eigenvalue weighted by molar-refractivity contribution is -0.131. The summed E-state index contributed by atoms with van der Waals surface area (Å²) < 4.78 is 0. The molecule has 1 aliphatic heterocycles. The molecule has 1 aromatic rings. The Bertz CT molecular complexity index is 505. The second kappa shape index (κ2) is 5.27. The fraction of sp³-hybridized carbons (Fsp3) is 0.500. The average Bonchev–Trinajstić information content (AvgIpc) is 2.61. The molecular weight excluding hydrogens is 252 g/mol. The van der Waals surface area contributed by atoms with Crippen molar-refractivity contribution in [3.05, 3.63) is 35.9 Å². The summed E-state index contributed by atoms with van der Waals surface area (Å²) in [5.74, 6) is -0.0825. The van der Waals surface area contributed by atoms with E-state index in [1.165, 1.54) is 4.90 Å². The van der Waals surface area contributed by atoms with E-state index in [0.29, 0.717) is 13.0 Å². The maximum absolute atomic E-state index is 12.6. The van der Waals surface area contributed by atoms with Gasteiger partial charge in [-0.1, -0.05) is 37.3 Å². The van der Waals surface area contributed by atoms with Gasteiger partial charge in [-0.2, -0.15) is 0 Å². The van der Waals surface area contributed by atoms with Gasteiger partial charge in [0.05, 0.1) is 0 Å². The first-order chi connectivity index (χ1) is 9.36. The summed E-state index contributed by atoms with van der Waals surface area (Å²) in [6, 6.07) is 9.26. The minimum atomic E-state index is -0.479. The lowest BCUT2D eigenvalue weighted by Gasteiger charge is -2.29. The van der Waals surface area contributed by atoms with Gasteiger partial charge in [-0.15, -0.1) is 0 Å². The van der Waals surface area contributed by atoms with Crippen LogP contribution in [0.4, 0.5) is 4.79 Å². The summed E-state index contributed by atoms with van der Waals surface area (Å²) >= 11 is 0. The van der Waals surface area contributed by atoms with Gasteiger partial charge in [-0.05, 0) is 32.8 Å². The van der Waals surface area contributed by atoms with Gasteiger partial charge in [-0.25, -0.2) is 4.79 Å². The van der Waals surface area contributed by atoms with Crippen LogP contribution in [0.15, 0.2) is 30.3 Å². The van der Waals surface area contributed by atoms with Crippen molar-refractivity contribution in [3.63, 3.8) is 0 Å². The average molecular weight is 274 g/mol. The van der Waals surface area contributed by atoms with E-state index in [-0.39, 0.29) is 18.0 Å². The Morgan fingerprint density at radius 3 is 2.20 bits per heavy atom. The minimum absolute atomic E-state index is 0.0825. The minimum Gasteiger partial charge on any atom is -0.308 e. The number of carbonyl (C=O) groups is 2. The van der Waals surface area contributed by atoms with Gasteiger partial charge in [0.15, 0.2) is 0 Å². The highest BCUT2D eigenvalue weighted by molar-refractivity contribution is 6.04. The predicted molar refractivity (Wildman–Crippen MR) is 78.1 cm³/mol. The van der Waals surface area contributed by atoms with Crippen LogP contribution in [-0.2, 0) is 11.3 Å². The molecule has 1 atom stereocenters. The number of benzene rings is 1. The third kappa shape index (κ3) is 2.55. The van der Waals surface area contributed by atoms with Crippen molar-refractivity contribution in [2.45, 2.75) is 52.2 Å². The van der Waals surface area contributed by atoms with Gasteiger partial charge in [-0.3, -0.25) is 9.69 Å². The van der Waals surface area contributed by atoms with Crippen LogP contribution in [0, 0.1) is 0 Å². The van der Waals surface area contributed by atoms with Crippen LogP contribution in [0.25, 0.3) is 0 Å². The lowest BCUT2D eigenvalue weighted by atomic mass is 10.1. The molecule has 20 heavy (non-hydrogen) atoms. The summed E-state index contributed by atoms with van der Waals surface area (Å²) in [5, 5.41) is 0. The Kier molecular flexibility index (Phi) is 3.84. The molecular formula is C16H22N2O2. The first-order valence-corrected chi connectivity index (χ1v) is 7.05. The number of amides is 3. The van der Waals surface area contributed by atoms with Crippen LogP contribution in [-0.4, -0.2) is 33.3 Å². The molecule has 1 aliphatic rings. The maximum Gasteiger partial charge on any atom is 0.328 e. The number of carbonyl (C=O) groups excluding carboxylic acids is 2. The second-order valence-electron chi connectivity index (χ2n) is 6.16. The molecule has 3 amide bonds. The summed E-state index contributed by atoms with van der Waals surface area (Å²) in [6.07, 6.45) is 0.643. The molecule has 108 valence electrons. The van der Waals surface area contributed by atoms with E-state index in [1.54, 1.807) is 4.90 Å². The Balaban J connectivity index is 2.28. The van der Waals surface area contributed by atoms with Crippen LogP contribution >= 0.6 is 0 Å². The quantitative estimate of drug-likeness (QED) is 0.795. The first-order valence-electron chi connectivity index (χ1n) is 7.05. The SMILES string of the molecule is CCC1C(=O)N(C(C)(C)C)C(=O)N1Cc1ccccc1. The molecule has 4 nitrogen and oxygen atoms in total. The van der Waals surface area contributed by atoms with Crippen molar-refractivity contribution < 1.29 is 9.59 Å². The molecule has 1 heterocycles. The van der Waals surface area contributed by atoms with Gasteiger partial charge in [0, 0.05) is 12.1 Å². The van der Waals surface area contributed by atoms with Crippen molar-refractivity contribution in [1.82, 2.24) is 9.80 Å². The Labute approximate surface area is 120 Å². The molecule has 1 aromatic carbocycles. The number of urea groups is 1. The summed E-state index contributed by atoms with van der Waals surface area (Å²) in [5.41, 5.74) is 0.565. The third-order valence-corrected chi connectivity index (χ3v) is 3.57. The molecule has 0 spiro atoms. The molecule has 0 saturated carbocycles. The predicted octanol–water partition coefficient (Wildman–Crippen LogP) is 3.03. The van der Waals surface area contributed by atoms with E-state index in [0.717, 1.165) is 5.56 Å². The molecule has 0 aromatic heterocycles. The van der Waals surface area contributed by atoms with Crippen LogP contribution in [0.3, 0.4) is 0 Å². The second-order valence-corrected chi connectivity index (χ2v) is 6.16. The number of nitrogens with zero attached hydrogens (tertiary/aromatic N) is 2. The third-order valence-electron chi connectivity index (χ3n) is 3.57. The fourth-order valence-corrected chi connectivity index (χ4v) is 2.61. The van der Waals surface area contributed by atoms with Crippen molar-refractivity contribution in [2.75, 3.05) is 0 Å². The van der Waals surface area contributed by atoms with E-state index < -0.39 is 5.54 Å². The first kappa shape index (κ1) is 14.6. The highest BCUT2D eigenvalue weighted by Gasteiger charge is 2.48. The van der Waals surface area contributed by atoms with Crippen molar-refractivity contribution >= 4 is 11.9 Å². The van der Waals surface area contributed by atoms with Gasteiger partial charge >= 0.3 is 6.03 Å². The van der Waals surface area contributed by atoms with E-state index in [4.69, 9.17) is 0 Å². The molecule has 0 bridgehead atoms. The van der Waals surface area contributed by atoms with Crippen LogP contribution < -0.4 is 0 Å². The number of hydrogen-bond acceptors (Lipinski definition) is 2. The fourth-order valence-electron chi connectivity index (χ4n) is 2.61. The highest BCUT2D eigenvalue weighted by atomic mass is 16.2. The van der Waals surface area contributed by atoms with Crippen molar-refractivity contribution in [1.29, 1.82) is 0 Å². The monoisotopic (exact) mass is 274 g/mol. The van der Waals surface area contributed by atoms with Crippen LogP contribution in [0.5, 0.6) is 0 Å². The van der Waals surface area contributed by atoms with Crippen LogP contribution in [0.2, 0.25) is 0 Å². The van der Waals surface area contributed by atoms with E-state index >= 15 is 0 Å². The van der Waals surface area contributed by atoms with E-state index in [2.05, 4.69) is 0 Å². The topological polar surface area (TPSA) is 40.6 Å². The molecule has 1 fully saturated rings. The van der Waals surface area contributed by atoms with Crippen molar-refractivity contribution in [2.24, 2.45) is 0 Å². The Hall–Kier alpha value is -1.84. The Morgan fingerprint density at radius 1 is 1.10 bits per heavy atom. The molecule has 4 heteroatoms. The zero-order valence-electron chi connectivity index (χ0n) is 12.6. The number of imide groups is 1. The molecule has 2 rings (SSSR count). The van der Waals surface area contributed by atoms with Gasteiger partial charge in [0.1, 0.15) is 6.04 Å². The van der Waals surface area contributed by atoms with Crippen LogP contribution in [0.1, 0.15) is 39.7 Å².